The van der Waals surface area contributed by atoms with E-state index in [-0.39, 0.29) is 21.6 Å². The molecule has 0 bridgehead atoms. The molecule has 4 nitrogen and oxygen atoms in total. The van der Waals surface area contributed by atoms with Crippen molar-refractivity contribution in [3.05, 3.63) is 28.3 Å². The number of ether oxygens (including phenoxy) is 1. The van der Waals surface area contributed by atoms with Crippen molar-refractivity contribution in [3.63, 3.8) is 0 Å². The first kappa shape index (κ1) is 15.3. The predicted octanol–water partition coefficient (Wildman–Crippen LogP) is 3.14. The molecule has 0 aliphatic heterocycles. The van der Waals surface area contributed by atoms with E-state index in [1.54, 1.807) is 20.8 Å². The van der Waals surface area contributed by atoms with Crippen LogP contribution in [0.25, 0.3) is 0 Å². The van der Waals surface area contributed by atoms with Crippen LogP contribution < -0.4 is 0 Å². The lowest BCUT2D eigenvalue weighted by Gasteiger charge is -2.10. The summed E-state index contributed by atoms with van der Waals surface area (Å²) in [6, 6.07) is 2.57. The molecular formula is C11H12Cl2O4S. The van der Waals surface area contributed by atoms with Gasteiger partial charge in [0.15, 0.2) is 0 Å². The highest BCUT2D eigenvalue weighted by Crippen LogP contribution is 2.29. The molecule has 0 aliphatic carbocycles. The minimum Gasteiger partial charge on any atom is -0.459 e. The molecule has 7 heteroatoms. The fraction of sp³-hybridized carbons (Fsp3) is 0.364. The zero-order valence-electron chi connectivity index (χ0n) is 10.0. The molecule has 0 aromatic heterocycles. The second-order valence-electron chi connectivity index (χ2n) is 4.00. The average molecular weight is 311 g/mol. The first-order valence-electron chi connectivity index (χ1n) is 5.08. The summed E-state index contributed by atoms with van der Waals surface area (Å²) in [5, 5.41) is 0.00565. The Kier molecular flexibility index (Phi) is 4.64. The second kappa shape index (κ2) is 5.47. The molecule has 0 aliphatic rings. The summed E-state index contributed by atoms with van der Waals surface area (Å²) in [5.41, 5.74) is 0.541. The number of benzene rings is 1. The van der Waals surface area contributed by atoms with Gasteiger partial charge >= 0.3 is 5.97 Å². The van der Waals surface area contributed by atoms with E-state index in [0.29, 0.717) is 5.56 Å². The predicted molar refractivity (Wildman–Crippen MR) is 69.8 cm³/mol. The van der Waals surface area contributed by atoms with E-state index < -0.39 is 15.0 Å². The Morgan fingerprint density at radius 1 is 1.33 bits per heavy atom. The molecule has 0 radical (unpaired) electrons. The van der Waals surface area contributed by atoms with Crippen LogP contribution in [-0.4, -0.2) is 20.5 Å². The van der Waals surface area contributed by atoms with Crippen LogP contribution in [0.1, 0.15) is 29.8 Å². The Balaban J connectivity index is 3.34. The van der Waals surface area contributed by atoms with Gasteiger partial charge in [-0.25, -0.2) is 13.2 Å². The second-order valence-corrected chi connectivity index (χ2v) is 6.91. The van der Waals surface area contributed by atoms with Gasteiger partial charge in [0.1, 0.15) is 4.90 Å². The van der Waals surface area contributed by atoms with Gasteiger partial charge < -0.3 is 4.74 Å². The molecule has 0 amide bonds. The standard InChI is InChI=1S/C11H12Cl2O4S/c1-6(2)17-11(14)8-4-7(3)10(12)9(5-8)18(13,15)16/h4-6H,1-3H3. The van der Waals surface area contributed by atoms with Crippen LogP contribution in [0.5, 0.6) is 0 Å². The van der Waals surface area contributed by atoms with Crippen LogP contribution in [0.15, 0.2) is 17.0 Å². The highest BCUT2D eigenvalue weighted by Gasteiger charge is 2.20. The first-order valence-corrected chi connectivity index (χ1v) is 7.77. The zero-order valence-corrected chi connectivity index (χ0v) is 12.4. The Hall–Kier alpha value is -0.780. The topological polar surface area (TPSA) is 60.4 Å². The van der Waals surface area contributed by atoms with Crippen LogP contribution in [0.3, 0.4) is 0 Å². The molecule has 0 atom stereocenters. The maximum absolute atomic E-state index is 11.7. The van der Waals surface area contributed by atoms with E-state index in [1.165, 1.54) is 6.07 Å². The number of halogens is 2. The SMILES string of the molecule is Cc1cc(C(=O)OC(C)C)cc(S(=O)(=O)Cl)c1Cl. The van der Waals surface area contributed by atoms with Crippen LogP contribution in [0.4, 0.5) is 0 Å². The van der Waals surface area contributed by atoms with E-state index in [1.807, 2.05) is 0 Å². The summed E-state index contributed by atoms with van der Waals surface area (Å²) in [6.45, 7) is 4.97. The van der Waals surface area contributed by atoms with Crippen molar-refractivity contribution in [2.24, 2.45) is 0 Å². The fourth-order valence-electron chi connectivity index (χ4n) is 1.31. The van der Waals surface area contributed by atoms with Gasteiger partial charge in [-0.15, -0.1) is 0 Å². The normalized spacial score (nSPS) is 11.7. The highest BCUT2D eigenvalue weighted by atomic mass is 35.7. The number of carbonyl (C=O) groups excluding carboxylic acids is 1. The fourth-order valence-corrected chi connectivity index (χ4v) is 2.85. The van der Waals surface area contributed by atoms with Gasteiger partial charge in [0.05, 0.1) is 16.7 Å². The van der Waals surface area contributed by atoms with Gasteiger partial charge in [-0.2, -0.15) is 0 Å². The smallest absolute Gasteiger partial charge is 0.338 e. The number of carbonyl (C=O) groups is 1. The van der Waals surface area contributed by atoms with Crippen LogP contribution >= 0.6 is 22.3 Å². The van der Waals surface area contributed by atoms with Crippen molar-refractivity contribution in [1.29, 1.82) is 0 Å². The van der Waals surface area contributed by atoms with E-state index in [9.17, 15) is 13.2 Å². The minimum atomic E-state index is -4.01. The van der Waals surface area contributed by atoms with Gasteiger partial charge in [-0.3, -0.25) is 0 Å². The lowest BCUT2D eigenvalue weighted by Crippen LogP contribution is -2.12. The first-order chi connectivity index (χ1) is 8.12. The Morgan fingerprint density at radius 3 is 2.33 bits per heavy atom. The maximum Gasteiger partial charge on any atom is 0.338 e. The Labute approximate surface area is 115 Å². The molecule has 0 saturated carbocycles. The largest absolute Gasteiger partial charge is 0.459 e. The van der Waals surface area contributed by atoms with E-state index in [2.05, 4.69) is 0 Å². The average Bonchev–Trinajstić information content (AvgIpc) is 2.18. The van der Waals surface area contributed by atoms with Gasteiger partial charge in [-0.05, 0) is 38.5 Å². The third-order valence-electron chi connectivity index (χ3n) is 2.06. The number of aryl methyl sites for hydroxylation is 1. The van der Waals surface area contributed by atoms with E-state index >= 15 is 0 Å². The molecule has 0 heterocycles. The quantitative estimate of drug-likeness (QED) is 0.635. The summed E-state index contributed by atoms with van der Waals surface area (Å²) in [7, 11) is 1.25. The lowest BCUT2D eigenvalue weighted by atomic mass is 10.1. The summed E-state index contributed by atoms with van der Waals surface area (Å²) < 4.78 is 27.6. The minimum absolute atomic E-state index is 0.00565. The molecule has 1 aromatic carbocycles. The molecule has 0 fully saturated rings. The molecule has 0 saturated heterocycles. The maximum atomic E-state index is 11.7. The molecule has 18 heavy (non-hydrogen) atoms. The summed E-state index contributed by atoms with van der Waals surface area (Å²) in [5.74, 6) is -0.619. The zero-order chi connectivity index (χ0) is 14.1. The van der Waals surface area contributed by atoms with Gasteiger partial charge in [0.25, 0.3) is 9.05 Å². The number of hydrogen-bond donors (Lipinski definition) is 0. The molecule has 1 rings (SSSR count). The molecule has 100 valence electrons. The lowest BCUT2D eigenvalue weighted by molar-refractivity contribution is 0.0377. The third-order valence-corrected chi connectivity index (χ3v) is 4.02. The summed E-state index contributed by atoms with van der Waals surface area (Å²) in [6.07, 6.45) is -0.301. The monoisotopic (exact) mass is 310 g/mol. The van der Waals surface area contributed by atoms with Gasteiger partial charge in [0, 0.05) is 10.7 Å². The van der Waals surface area contributed by atoms with Crippen molar-refractivity contribution >= 4 is 37.3 Å². The Bertz CT molecular complexity index is 579. The van der Waals surface area contributed by atoms with Crippen molar-refractivity contribution in [3.8, 4) is 0 Å². The number of hydrogen-bond acceptors (Lipinski definition) is 4. The van der Waals surface area contributed by atoms with Crippen molar-refractivity contribution in [2.45, 2.75) is 31.8 Å². The molecule has 0 spiro atoms. The van der Waals surface area contributed by atoms with Crippen LogP contribution in [-0.2, 0) is 13.8 Å². The summed E-state index contributed by atoms with van der Waals surface area (Å²) in [4.78, 5) is 11.4. The molecule has 0 N–H and O–H groups in total. The van der Waals surface area contributed by atoms with Crippen LogP contribution in [0.2, 0.25) is 5.02 Å². The van der Waals surface area contributed by atoms with Crippen LogP contribution in [0, 0.1) is 6.92 Å². The van der Waals surface area contributed by atoms with Crippen molar-refractivity contribution < 1.29 is 17.9 Å². The van der Waals surface area contributed by atoms with E-state index in [4.69, 9.17) is 27.0 Å². The van der Waals surface area contributed by atoms with Crippen molar-refractivity contribution in [2.75, 3.05) is 0 Å². The number of rotatable bonds is 3. The van der Waals surface area contributed by atoms with Gasteiger partial charge in [0.2, 0.25) is 0 Å². The summed E-state index contributed by atoms with van der Waals surface area (Å²) >= 11 is 5.84. The highest BCUT2D eigenvalue weighted by molar-refractivity contribution is 8.13. The van der Waals surface area contributed by atoms with Crippen molar-refractivity contribution in [1.82, 2.24) is 0 Å². The third kappa shape index (κ3) is 3.60. The molecular weight excluding hydrogens is 299 g/mol. The Morgan fingerprint density at radius 2 is 1.89 bits per heavy atom. The molecule has 0 unspecified atom stereocenters. The molecule has 1 aromatic rings. The van der Waals surface area contributed by atoms with Gasteiger partial charge in [-0.1, -0.05) is 11.6 Å². The van der Waals surface area contributed by atoms with E-state index in [0.717, 1.165) is 6.07 Å². The number of esters is 1.